The quantitative estimate of drug-likeness (QED) is 0.687. The van der Waals surface area contributed by atoms with Gasteiger partial charge in [-0.05, 0) is 12.8 Å². The van der Waals surface area contributed by atoms with Crippen LogP contribution in [0.15, 0.2) is 18.7 Å². The average molecular weight is 203 g/mol. The molecule has 4 nitrogen and oxygen atoms in total. The lowest BCUT2D eigenvalue weighted by molar-refractivity contribution is -0.120. The first-order valence-corrected chi connectivity index (χ1v) is 5.39. The van der Waals surface area contributed by atoms with Gasteiger partial charge in [-0.1, -0.05) is 0 Å². The second-order valence-electron chi connectivity index (χ2n) is 4.34. The van der Waals surface area contributed by atoms with E-state index in [0.29, 0.717) is 30.7 Å². The van der Waals surface area contributed by atoms with E-state index in [1.165, 1.54) is 0 Å². The van der Waals surface area contributed by atoms with Crippen molar-refractivity contribution in [2.24, 2.45) is 0 Å². The van der Waals surface area contributed by atoms with Crippen molar-refractivity contribution < 1.29 is 4.79 Å². The molecular weight excluding hydrogens is 190 g/mol. The average Bonchev–Trinajstić information content (AvgIpc) is 2.53. The van der Waals surface area contributed by atoms with Gasteiger partial charge >= 0.3 is 0 Å². The van der Waals surface area contributed by atoms with Gasteiger partial charge in [0.15, 0.2) is 0 Å². The molecule has 2 bridgehead atoms. The van der Waals surface area contributed by atoms with Crippen molar-refractivity contribution in [1.29, 1.82) is 0 Å². The third-order valence-electron chi connectivity index (χ3n) is 3.39. The first kappa shape index (κ1) is 8.83. The number of carbonyl (C=O) groups excluding carboxylic acids is 1. The number of anilines is 1. The zero-order chi connectivity index (χ0) is 10.3. The molecule has 0 radical (unpaired) electrons. The molecule has 2 unspecified atom stereocenters. The van der Waals surface area contributed by atoms with Crippen LogP contribution in [0.5, 0.6) is 0 Å². The Balaban J connectivity index is 1.92. The second-order valence-corrected chi connectivity index (χ2v) is 4.34. The largest absolute Gasteiger partial charge is 0.362 e. The number of rotatable bonds is 1. The fourth-order valence-electron chi connectivity index (χ4n) is 2.82. The number of carbonyl (C=O) groups is 1. The molecule has 0 aromatic carbocycles. The van der Waals surface area contributed by atoms with Gasteiger partial charge in [-0.25, -0.2) is 9.97 Å². The minimum Gasteiger partial charge on any atom is -0.362 e. The predicted molar refractivity (Wildman–Crippen MR) is 55.6 cm³/mol. The third kappa shape index (κ3) is 1.40. The molecule has 3 heterocycles. The van der Waals surface area contributed by atoms with Gasteiger partial charge in [0.25, 0.3) is 0 Å². The first-order chi connectivity index (χ1) is 7.34. The van der Waals surface area contributed by atoms with Crippen LogP contribution >= 0.6 is 0 Å². The maximum Gasteiger partial charge on any atom is 0.137 e. The van der Waals surface area contributed by atoms with Gasteiger partial charge in [0.05, 0.1) is 18.1 Å². The van der Waals surface area contributed by atoms with Crippen LogP contribution in [0.1, 0.15) is 25.7 Å². The summed E-state index contributed by atoms with van der Waals surface area (Å²) in [6.45, 7) is 0. The predicted octanol–water partition coefficient (Wildman–Crippen LogP) is 1.18. The van der Waals surface area contributed by atoms with E-state index >= 15 is 0 Å². The Morgan fingerprint density at radius 1 is 1.13 bits per heavy atom. The molecule has 1 aromatic rings. The number of nitrogens with zero attached hydrogens (tertiary/aromatic N) is 3. The zero-order valence-electron chi connectivity index (χ0n) is 8.47. The molecule has 2 saturated heterocycles. The molecular formula is C11H13N3O. The van der Waals surface area contributed by atoms with Crippen LogP contribution < -0.4 is 4.90 Å². The van der Waals surface area contributed by atoms with Crippen LogP contribution in [-0.4, -0.2) is 27.8 Å². The Kier molecular flexibility index (Phi) is 1.94. The maximum atomic E-state index is 11.4. The highest BCUT2D eigenvalue weighted by Gasteiger charge is 2.40. The normalized spacial score (nSPS) is 29.6. The highest BCUT2D eigenvalue weighted by atomic mass is 16.1. The summed E-state index contributed by atoms with van der Waals surface area (Å²) in [5, 5.41) is 0. The summed E-state index contributed by atoms with van der Waals surface area (Å²) in [7, 11) is 0. The lowest BCUT2D eigenvalue weighted by Gasteiger charge is -2.35. The van der Waals surface area contributed by atoms with Crippen molar-refractivity contribution in [1.82, 2.24) is 9.97 Å². The van der Waals surface area contributed by atoms with Crippen LogP contribution in [0.4, 0.5) is 5.69 Å². The summed E-state index contributed by atoms with van der Waals surface area (Å²) >= 11 is 0. The fraction of sp³-hybridized carbons (Fsp3) is 0.545. The molecule has 0 aliphatic carbocycles. The minimum absolute atomic E-state index is 0.391. The number of aromatic nitrogens is 2. The van der Waals surface area contributed by atoms with Crippen LogP contribution in [0.25, 0.3) is 0 Å². The summed E-state index contributed by atoms with van der Waals surface area (Å²) in [4.78, 5) is 21.9. The molecule has 1 aromatic heterocycles. The van der Waals surface area contributed by atoms with E-state index in [1.54, 1.807) is 6.33 Å². The van der Waals surface area contributed by atoms with Crippen LogP contribution in [0.2, 0.25) is 0 Å². The van der Waals surface area contributed by atoms with Gasteiger partial charge in [-0.3, -0.25) is 4.79 Å². The zero-order valence-corrected chi connectivity index (χ0v) is 8.47. The molecule has 3 rings (SSSR count). The van der Waals surface area contributed by atoms with Crippen LogP contribution in [0, 0.1) is 0 Å². The van der Waals surface area contributed by atoms with E-state index < -0.39 is 0 Å². The lowest BCUT2D eigenvalue weighted by Crippen LogP contribution is -2.43. The first-order valence-electron chi connectivity index (χ1n) is 5.39. The number of Topliss-reactive ketones (excluding diaryl/α,β-unsaturated/α-hetero) is 1. The molecule has 0 spiro atoms. The molecule has 2 aliphatic rings. The van der Waals surface area contributed by atoms with E-state index in [4.69, 9.17) is 0 Å². The Bertz CT molecular complexity index is 363. The van der Waals surface area contributed by atoms with E-state index in [9.17, 15) is 4.79 Å². The van der Waals surface area contributed by atoms with E-state index in [1.807, 2.05) is 12.4 Å². The summed E-state index contributed by atoms with van der Waals surface area (Å²) < 4.78 is 0. The van der Waals surface area contributed by atoms with E-state index in [0.717, 1.165) is 18.5 Å². The van der Waals surface area contributed by atoms with Crippen LogP contribution in [0.3, 0.4) is 0 Å². The molecule has 4 heteroatoms. The Morgan fingerprint density at radius 3 is 2.33 bits per heavy atom. The van der Waals surface area contributed by atoms with Gasteiger partial charge in [0, 0.05) is 24.9 Å². The monoisotopic (exact) mass is 203 g/mol. The van der Waals surface area contributed by atoms with Crippen molar-refractivity contribution in [3.05, 3.63) is 18.7 Å². The summed E-state index contributed by atoms with van der Waals surface area (Å²) in [5.74, 6) is 0.413. The molecule has 0 N–H and O–H groups in total. The van der Waals surface area contributed by atoms with Crippen molar-refractivity contribution in [3.8, 4) is 0 Å². The number of hydrogen-bond acceptors (Lipinski definition) is 4. The van der Waals surface area contributed by atoms with Crippen molar-refractivity contribution >= 4 is 11.5 Å². The van der Waals surface area contributed by atoms with Gasteiger partial charge in [0.1, 0.15) is 12.1 Å². The summed E-state index contributed by atoms with van der Waals surface area (Å²) in [6.07, 6.45) is 8.89. The van der Waals surface area contributed by atoms with Gasteiger partial charge in [-0.2, -0.15) is 0 Å². The molecule has 2 aliphatic heterocycles. The molecule has 0 saturated carbocycles. The fourth-order valence-corrected chi connectivity index (χ4v) is 2.82. The second kappa shape index (κ2) is 3.29. The van der Waals surface area contributed by atoms with Gasteiger partial charge in [-0.15, -0.1) is 0 Å². The highest BCUT2D eigenvalue weighted by molar-refractivity contribution is 5.83. The lowest BCUT2D eigenvalue weighted by atomic mass is 10.0. The van der Waals surface area contributed by atoms with Crippen LogP contribution in [-0.2, 0) is 4.79 Å². The Morgan fingerprint density at radius 2 is 1.73 bits per heavy atom. The summed E-state index contributed by atoms with van der Waals surface area (Å²) in [5.41, 5.74) is 1.07. The summed E-state index contributed by atoms with van der Waals surface area (Å²) in [6, 6.07) is 0.782. The molecule has 2 fully saturated rings. The van der Waals surface area contributed by atoms with Crippen molar-refractivity contribution in [2.75, 3.05) is 4.90 Å². The highest BCUT2D eigenvalue weighted by Crippen LogP contribution is 2.37. The topological polar surface area (TPSA) is 46.1 Å². The molecule has 2 atom stereocenters. The van der Waals surface area contributed by atoms with Crippen molar-refractivity contribution in [3.63, 3.8) is 0 Å². The molecule has 0 amide bonds. The number of hydrogen-bond donors (Lipinski definition) is 0. The molecule has 78 valence electrons. The SMILES string of the molecule is O=C1CC2CCC(C1)N2c1cncnc1. The third-order valence-corrected chi connectivity index (χ3v) is 3.39. The van der Waals surface area contributed by atoms with Crippen molar-refractivity contribution in [2.45, 2.75) is 37.8 Å². The van der Waals surface area contributed by atoms with E-state index in [-0.39, 0.29) is 0 Å². The Labute approximate surface area is 88.3 Å². The number of ketones is 1. The number of piperidine rings is 1. The molecule has 15 heavy (non-hydrogen) atoms. The number of fused-ring (bicyclic) bond motifs is 2. The maximum absolute atomic E-state index is 11.4. The Hall–Kier alpha value is -1.45. The standard InChI is InChI=1S/C11H13N3O/c15-11-3-8-1-2-9(4-11)14(8)10-5-12-7-13-6-10/h5-9H,1-4H2. The smallest absolute Gasteiger partial charge is 0.137 e. The van der Waals surface area contributed by atoms with Gasteiger partial charge < -0.3 is 4.90 Å². The van der Waals surface area contributed by atoms with Gasteiger partial charge in [0.2, 0.25) is 0 Å². The minimum atomic E-state index is 0.391. The van der Waals surface area contributed by atoms with E-state index in [2.05, 4.69) is 14.9 Å².